The van der Waals surface area contributed by atoms with Crippen LogP contribution in [0.2, 0.25) is 0 Å². The second kappa shape index (κ2) is 6.38. The highest BCUT2D eigenvalue weighted by Crippen LogP contribution is 2.35. The van der Waals surface area contributed by atoms with Gasteiger partial charge < -0.3 is 4.90 Å². The highest BCUT2D eigenvalue weighted by atomic mass is 32.2. The number of nitrogens with zero attached hydrogens (tertiary/aromatic N) is 1. The van der Waals surface area contributed by atoms with Crippen molar-refractivity contribution in [3.63, 3.8) is 0 Å². The monoisotopic (exact) mass is 324 g/mol. The molecule has 122 valence electrons. The Morgan fingerprint density at radius 3 is 2.59 bits per heavy atom. The molecule has 0 spiro atoms. The highest BCUT2D eigenvalue weighted by molar-refractivity contribution is 7.89. The molecule has 5 nitrogen and oxygen atoms in total. The van der Waals surface area contributed by atoms with E-state index in [1.165, 1.54) is 12.1 Å². The van der Waals surface area contributed by atoms with Crippen molar-refractivity contribution >= 4 is 15.9 Å². The quantitative estimate of drug-likeness (QED) is 0.872. The first-order valence-electron chi connectivity index (χ1n) is 7.65. The molecular formula is C16H24N2O3S. The molecule has 1 unspecified atom stereocenters. The van der Waals surface area contributed by atoms with Crippen LogP contribution < -0.4 is 4.72 Å². The van der Waals surface area contributed by atoms with Gasteiger partial charge in [-0.1, -0.05) is 13.0 Å². The predicted molar refractivity (Wildman–Crippen MR) is 86.3 cm³/mol. The molecule has 22 heavy (non-hydrogen) atoms. The largest absolute Gasteiger partial charge is 0.339 e. The van der Waals surface area contributed by atoms with Crippen LogP contribution in [0.4, 0.5) is 0 Å². The Bertz CT molecular complexity index is 666. The summed E-state index contributed by atoms with van der Waals surface area (Å²) in [6.45, 7) is 5.91. The van der Waals surface area contributed by atoms with E-state index in [9.17, 15) is 13.2 Å². The number of carbonyl (C=O) groups is 1. The lowest BCUT2D eigenvalue weighted by Crippen LogP contribution is -2.37. The van der Waals surface area contributed by atoms with Gasteiger partial charge in [0.05, 0.1) is 4.90 Å². The predicted octanol–water partition coefficient (Wildman–Crippen LogP) is 2.16. The van der Waals surface area contributed by atoms with Crippen LogP contribution in [0, 0.1) is 12.8 Å². The van der Waals surface area contributed by atoms with Gasteiger partial charge in [-0.15, -0.1) is 0 Å². The standard InChI is InChI=1S/C16H24N2O3S/c1-5-17-22(20,21)14-9-6-11(2)15(10-14)16(19)18(4)12(3)13-7-8-13/h6,9-10,12-13,17H,5,7-8H2,1-4H3. The zero-order chi connectivity index (χ0) is 16.5. The molecule has 0 aromatic heterocycles. The molecule has 1 N–H and O–H groups in total. The maximum Gasteiger partial charge on any atom is 0.254 e. The molecule has 0 heterocycles. The number of sulfonamides is 1. The van der Waals surface area contributed by atoms with Gasteiger partial charge in [0.1, 0.15) is 0 Å². The van der Waals surface area contributed by atoms with Crippen molar-refractivity contribution in [1.29, 1.82) is 0 Å². The summed E-state index contributed by atoms with van der Waals surface area (Å²) in [4.78, 5) is 14.5. The van der Waals surface area contributed by atoms with Gasteiger partial charge in [0, 0.05) is 25.2 Å². The molecule has 1 atom stereocenters. The Labute approximate surface area is 132 Å². The summed E-state index contributed by atoms with van der Waals surface area (Å²) in [5.41, 5.74) is 1.24. The van der Waals surface area contributed by atoms with Crippen molar-refractivity contribution in [2.24, 2.45) is 5.92 Å². The van der Waals surface area contributed by atoms with E-state index in [1.54, 1.807) is 24.9 Å². The maximum absolute atomic E-state index is 12.7. The third-order valence-corrected chi connectivity index (χ3v) is 5.86. The van der Waals surface area contributed by atoms with E-state index in [-0.39, 0.29) is 16.8 Å². The van der Waals surface area contributed by atoms with Crippen molar-refractivity contribution in [2.45, 2.75) is 44.6 Å². The number of nitrogens with one attached hydrogen (secondary N) is 1. The summed E-state index contributed by atoms with van der Waals surface area (Å²) in [5, 5.41) is 0. The van der Waals surface area contributed by atoms with Crippen LogP contribution >= 0.6 is 0 Å². The summed E-state index contributed by atoms with van der Waals surface area (Å²) in [7, 11) is -1.77. The minimum Gasteiger partial charge on any atom is -0.339 e. The van der Waals surface area contributed by atoms with Gasteiger partial charge in [-0.05, 0) is 50.3 Å². The van der Waals surface area contributed by atoms with E-state index in [4.69, 9.17) is 0 Å². The molecule has 1 fully saturated rings. The highest BCUT2D eigenvalue weighted by Gasteiger charge is 2.33. The topological polar surface area (TPSA) is 66.5 Å². The Morgan fingerprint density at radius 1 is 1.41 bits per heavy atom. The summed E-state index contributed by atoms with van der Waals surface area (Å²) >= 11 is 0. The Hall–Kier alpha value is -1.40. The molecular weight excluding hydrogens is 300 g/mol. The fourth-order valence-electron chi connectivity index (χ4n) is 2.54. The van der Waals surface area contributed by atoms with Crippen LogP contribution in [0.1, 0.15) is 42.6 Å². The minimum absolute atomic E-state index is 0.120. The summed E-state index contributed by atoms with van der Waals surface area (Å²) in [6.07, 6.45) is 2.32. The molecule has 1 aliphatic rings. The number of hydrogen-bond donors (Lipinski definition) is 1. The lowest BCUT2D eigenvalue weighted by Gasteiger charge is -2.25. The number of benzene rings is 1. The normalized spacial score (nSPS) is 16.4. The first kappa shape index (κ1) is 17.0. The molecule has 2 rings (SSSR count). The van der Waals surface area contributed by atoms with Crippen LogP contribution in [-0.2, 0) is 10.0 Å². The fourth-order valence-corrected chi connectivity index (χ4v) is 3.61. The summed E-state index contributed by atoms with van der Waals surface area (Å²) in [6, 6.07) is 4.88. The molecule has 1 saturated carbocycles. The van der Waals surface area contributed by atoms with E-state index in [1.807, 2.05) is 13.8 Å². The number of rotatable bonds is 6. The molecule has 1 aromatic carbocycles. The number of hydrogen-bond acceptors (Lipinski definition) is 3. The Morgan fingerprint density at radius 2 is 2.05 bits per heavy atom. The van der Waals surface area contributed by atoms with Gasteiger partial charge in [0.15, 0.2) is 0 Å². The average Bonchev–Trinajstić information content (AvgIpc) is 3.29. The van der Waals surface area contributed by atoms with E-state index in [0.29, 0.717) is 18.0 Å². The van der Waals surface area contributed by atoms with Crippen molar-refractivity contribution in [3.05, 3.63) is 29.3 Å². The van der Waals surface area contributed by atoms with Gasteiger partial charge in [-0.2, -0.15) is 0 Å². The first-order chi connectivity index (χ1) is 10.3. The lowest BCUT2D eigenvalue weighted by atomic mass is 10.1. The summed E-state index contributed by atoms with van der Waals surface area (Å²) in [5.74, 6) is 0.452. The third-order valence-electron chi connectivity index (χ3n) is 4.32. The van der Waals surface area contributed by atoms with Gasteiger partial charge in [0.25, 0.3) is 5.91 Å². The lowest BCUT2D eigenvalue weighted by molar-refractivity contribution is 0.0726. The number of amides is 1. The van der Waals surface area contributed by atoms with Crippen molar-refractivity contribution in [1.82, 2.24) is 9.62 Å². The Kier molecular flexibility index (Phi) is 4.92. The van der Waals surface area contributed by atoms with Crippen molar-refractivity contribution in [3.8, 4) is 0 Å². The minimum atomic E-state index is -3.55. The van der Waals surface area contributed by atoms with Gasteiger partial charge in [-0.25, -0.2) is 13.1 Å². The molecule has 0 bridgehead atoms. The molecule has 0 saturated heterocycles. The van der Waals surface area contributed by atoms with E-state index in [0.717, 1.165) is 18.4 Å². The second-order valence-electron chi connectivity index (χ2n) is 5.97. The molecule has 6 heteroatoms. The maximum atomic E-state index is 12.7. The smallest absolute Gasteiger partial charge is 0.254 e. The van der Waals surface area contributed by atoms with E-state index >= 15 is 0 Å². The molecule has 0 radical (unpaired) electrons. The third kappa shape index (κ3) is 3.50. The van der Waals surface area contributed by atoms with Crippen molar-refractivity contribution in [2.75, 3.05) is 13.6 Å². The molecule has 0 aliphatic heterocycles. The molecule has 1 aliphatic carbocycles. The van der Waals surface area contributed by atoms with Gasteiger partial charge in [-0.3, -0.25) is 4.79 Å². The van der Waals surface area contributed by atoms with Crippen LogP contribution in [0.25, 0.3) is 0 Å². The van der Waals surface area contributed by atoms with Crippen LogP contribution in [0.15, 0.2) is 23.1 Å². The fraction of sp³-hybridized carbons (Fsp3) is 0.562. The van der Waals surface area contributed by atoms with Gasteiger partial charge >= 0.3 is 0 Å². The first-order valence-corrected chi connectivity index (χ1v) is 9.13. The summed E-state index contributed by atoms with van der Waals surface area (Å²) < 4.78 is 26.7. The van der Waals surface area contributed by atoms with Crippen LogP contribution in [0.5, 0.6) is 0 Å². The van der Waals surface area contributed by atoms with Crippen LogP contribution in [-0.4, -0.2) is 38.9 Å². The van der Waals surface area contributed by atoms with Crippen molar-refractivity contribution < 1.29 is 13.2 Å². The molecule has 1 aromatic rings. The SMILES string of the molecule is CCNS(=O)(=O)c1ccc(C)c(C(=O)N(C)C(C)C2CC2)c1. The number of carbonyl (C=O) groups excluding carboxylic acids is 1. The van der Waals surface area contributed by atoms with E-state index < -0.39 is 10.0 Å². The van der Waals surface area contributed by atoms with Gasteiger partial charge in [0.2, 0.25) is 10.0 Å². The number of aryl methyl sites for hydroxylation is 1. The average molecular weight is 324 g/mol. The molecule has 1 amide bonds. The van der Waals surface area contributed by atoms with Crippen LogP contribution in [0.3, 0.4) is 0 Å². The Balaban J connectivity index is 2.32. The zero-order valence-electron chi connectivity index (χ0n) is 13.6. The second-order valence-corrected chi connectivity index (χ2v) is 7.74. The van der Waals surface area contributed by atoms with E-state index in [2.05, 4.69) is 4.72 Å². The zero-order valence-corrected chi connectivity index (χ0v) is 14.4.